The zero-order valence-corrected chi connectivity index (χ0v) is 6.54. The summed E-state index contributed by atoms with van der Waals surface area (Å²) in [5.74, 6) is 0.749. The van der Waals surface area contributed by atoms with Crippen LogP contribution in [0.25, 0.3) is 0 Å². The second-order valence-corrected chi connectivity index (χ2v) is 2.91. The molecule has 0 unspecified atom stereocenters. The molecule has 0 radical (unpaired) electrons. The van der Waals surface area contributed by atoms with Crippen molar-refractivity contribution in [1.82, 2.24) is 0 Å². The Hall–Kier alpha value is -0.790. The summed E-state index contributed by atoms with van der Waals surface area (Å²) in [5, 5.41) is 0. The number of hydrogen-bond donors (Lipinski definition) is 0. The van der Waals surface area contributed by atoms with Crippen LogP contribution in [0.1, 0.15) is 26.7 Å². The van der Waals surface area contributed by atoms with Gasteiger partial charge in [-0.2, -0.15) is 0 Å². The highest BCUT2D eigenvalue weighted by molar-refractivity contribution is 6.18. The Bertz CT molecular complexity index is 135. The monoisotopic (exact) mass is 137 g/mol. The molecule has 1 aliphatic rings. The Morgan fingerprint density at radius 3 is 2.40 bits per heavy atom. The molecule has 1 rings (SSSR count). The van der Waals surface area contributed by atoms with E-state index in [0.717, 1.165) is 18.5 Å². The van der Waals surface area contributed by atoms with Crippen molar-refractivity contribution in [2.75, 3.05) is 0 Å². The van der Waals surface area contributed by atoms with E-state index in [1.165, 1.54) is 6.42 Å². The minimum atomic E-state index is 0.749. The molecular formula is C8H13N2+. The summed E-state index contributed by atoms with van der Waals surface area (Å²) in [6.45, 7) is 4.42. The van der Waals surface area contributed by atoms with Crippen LogP contribution in [0.4, 0.5) is 0 Å². The van der Waals surface area contributed by atoms with Crippen LogP contribution in [0.3, 0.4) is 0 Å². The molecule has 10 heavy (non-hydrogen) atoms. The van der Waals surface area contributed by atoms with E-state index in [-0.39, 0.29) is 0 Å². The fourth-order valence-electron chi connectivity index (χ4n) is 0.819. The van der Waals surface area contributed by atoms with Gasteiger partial charge in [0.05, 0.1) is 6.42 Å². The van der Waals surface area contributed by atoms with Crippen molar-refractivity contribution in [2.45, 2.75) is 26.7 Å². The number of aliphatic imine (C=N–C) groups is 2. The lowest BCUT2D eigenvalue weighted by Gasteiger charge is -2.00. The summed E-state index contributed by atoms with van der Waals surface area (Å²) >= 11 is 0. The molecule has 0 aliphatic carbocycles. The van der Waals surface area contributed by atoms with Gasteiger partial charge in [0.15, 0.2) is 12.4 Å². The molecule has 0 spiro atoms. The van der Waals surface area contributed by atoms with E-state index in [4.69, 9.17) is 0 Å². The Kier molecular flexibility index (Phi) is 2.49. The highest BCUT2D eigenvalue weighted by Crippen LogP contribution is 2.17. The second kappa shape index (κ2) is 3.40. The summed E-state index contributed by atoms with van der Waals surface area (Å²) in [6.07, 6.45) is 6.67. The smallest absolute Gasteiger partial charge is 0.0968 e. The first-order valence-corrected chi connectivity index (χ1v) is 3.71. The van der Waals surface area contributed by atoms with E-state index in [1.54, 1.807) is 12.4 Å². The summed E-state index contributed by atoms with van der Waals surface area (Å²) in [7, 11) is 0. The molecule has 0 atom stereocenters. The molecule has 0 fully saturated rings. The quantitative estimate of drug-likeness (QED) is 0.532. The van der Waals surface area contributed by atoms with Gasteiger partial charge in [-0.15, -0.1) is 0 Å². The van der Waals surface area contributed by atoms with Gasteiger partial charge in [0.25, 0.3) is 0 Å². The fourth-order valence-corrected chi connectivity index (χ4v) is 0.819. The van der Waals surface area contributed by atoms with Crippen molar-refractivity contribution in [2.24, 2.45) is 15.9 Å². The molecule has 0 aromatic rings. The topological polar surface area (TPSA) is 24.7 Å². The normalized spacial score (nSPS) is 15.7. The van der Waals surface area contributed by atoms with E-state index in [1.807, 2.05) is 0 Å². The molecular weight excluding hydrogens is 124 g/mol. The van der Waals surface area contributed by atoms with E-state index in [0.29, 0.717) is 0 Å². The molecule has 0 aromatic carbocycles. The third kappa shape index (κ3) is 2.21. The van der Waals surface area contributed by atoms with Crippen LogP contribution in [0, 0.1) is 12.1 Å². The Morgan fingerprint density at radius 1 is 1.30 bits per heavy atom. The molecule has 54 valence electrons. The molecule has 0 bridgehead atoms. The minimum absolute atomic E-state index is 0.749. The molecule has 0 aromatic heterocycles. The molecule has 2 nitrogen and oxygen atoms in total. The van der Waals surface area contributed by atoms with E-state index in [2.05, 4.69) is 23.8 Å². The number of nitrogens with zero attached hydrogens (tertiary/aromatic N) is 2. The average molecular weight is 137 g/mol. The van der Waals surface area contributed by atoms with Gasteiger partial charge < -0.3 is 0 Å². The van der Waals surface area contributed by atoms with Gasteiger partial charge in [-0.25, -0.2) is 0 Å². The maximum Gasteiger partial charge on any atom is 0.240 e. The summed E-state index contributed by atoms with van der Waals surface area (Å²) in [5.41, 5.74) is 0. The Labute approximate surface area is 62.1 Å². The van der Waals surface area contributed by atoms with E-state index in [9.17, 15) is 0 Å². The summed E-state index contributed by atoms with van der Waals surface area (Å²) in [6, 6.07) is 0. The van der Waals surface area contributed by atoms with Crippen LogP contribution in [0.2, 0.25) is 0 Å². The highest BCUT2D eigenvalue weighted by atomic mass is 15.0. The predicted molar refractivity (Wildman–Crippen MR) is 44.3 cm³/mol. The van der Waals surface area contributed by atoms with Crippen LogP contribution < -0.4 is 0 Å². The minimum Gasteiger partial charge on any atom is -0.0968 e. The zero-order valence-electron chi connectivity index (χ0n) is 6.54. The lowest BCUT2D eigenvalue weighted by Crippen LogP contribution is -1.91. The van der Waals surface area contributed by atoms with Crippen molar-refractivity contribution in [3.05, 3.63) is 6.17 Å². The van der Waals surface area contributed by atoms with Crippen molar-refractivity contribution in [1.29, 1.82) is 0 Å². The van der Waals surface area contributed by atoms with Crippen molar-refractivity contribution >= 4 is 12.4 Å². The number of rotatable bonds is 3. The van der Waals surface area contributed by atoms with Gasteiger partial charge in [-0.05, 0) is 12.3 Å². The van der Waals surface area contributed by atoms with Gasteiger partial charge >= 0.3 is 0 Å². The molecule has 1 aliphatic heterocycles. The predicted octanol–water partition coefficient (Wildman–Crippen LogP) is 2.07. The van der Waals surface area contributed by atoms with Gasteiger partial charge in [0, 0.05) is 0 Å². The van der Waals surface area contributed by atoms with Crippen molar-refractivity contribution < 1.29 is 0 Å². The molecule has 0 saturated heterocycles. The van der Waals surface area contributed by atoms with Crippen LogP contribution in [0.5, 0.6) is 0 Å². The van der Waals surface area contributed by atoms with Crippen molar-refractivity contribution in [3.8, 4) is 0 Å². The van der Waals surface area contributed by atoms with Crippen molar-refractivity contribution in [3.63, 3.8) is 0 Å². The first-order chi connectivity index (χ1) is 4.79. The Balaban J connectivity index is 2.14. The fraction of sp³-hybridized carbons (Fsp3) is 0.625. The highest BCUT2D eigenvalue weighted by Gasteiger charge is 2.15. The zero-order chi connectivity index (χ0) is 7.40. The number of hydrogen-bond acceptors (Lipinski definition) is 2. The lowest BCUT2D eigenvalue weighted by atomic mass is 10.1. The molecule has 0 N–H and O–H groups in total. The van der Waals surface area contributed by atoms with Crippen LogP contribution in [-0.4, -0.2) is 12.4 Å². The third-order valence-electron chi connectivity index (χ3n) is 1.46. The van der Waals surface area contributed by atoms with Crippen LogP contribution >= 0.6 is 0 Å². The maximum atomic E-state index is 4.08. The largest absolute Gasteiger partial charge is 0.240 e. The maximum absolute atomic E-state index is 4.08. The van der Waals surface area contributed by atoms with Crippen LogP contribution in [-0.2, 0) is 0 Å². The lowest BCUT2D eigenvalue weighted by molar-refractivity contribution is 0.558. The molecule has 2 heteroatoms. The Morgan fingerprint density at radius 2 is 1.90 bits per heavy atom. The SMILES string of the molecule is CC(C)CC[C+]1N=CC=N1. The first kappa shape index (κ1) is 7.32. The molecule has 0 saturated carbocycles. The first-order valence-electron chi connectivity index (χ1n) is 3.71. The average Bonchev–Trinajstić information content (AvgIpc) is 2.34. The van der Waals surface area contributed by atoms with Gasteiger partial charge in [0.2, 0.25) is 6.17 Å². The van der Waals surface area contributed by atoms with Gasteiger partial charge in [-0.1, -0.05) is 23.8 Å². The standard InChI is InChI=1S/C8H13N2/c1-7(2)3-4-8-9-5-6-10-8/h5-7H,3-4H2,1-2H3/q+1. The second-order valence-electron chi connectivity index (χ2n) is 2.91. The van der Waals surface area contributed by atoms with Crippen LogP contribution in [0.15, 0.2) is 9.98 Å². The summed E-state index contributed by atoms with van der Waals surface area (Å²) < 4.78 is 0. The third-order valence-corrected chi connectivity index (χ3v) is 1.46. The van der Waals surface area contributed by atoms with Gasteiger partial charge in [0.1, 0.15) is 0 Å². The van der Waals surface area contributed by atoms with E-state index >= 15 is 0 Å². The van der Waals surface area contributed by atoms with E-state index < -0.39 is 0 Å². The summed E-state index contributed by atoms with van der Waals surface area (Å²) in [4.78, 5) is 8.15. The molecule has 0 amide bonds. The van der Waals surface area contributed by atoms with Gasteiger partial charge in [-0.3, -0.25) is 0 Å². The molecule has 1 heterocycles.